The van der Waals surface area contributed by atoms with Gasteiger partial charge in [0.15, 0.2) is 0 Å². The summed E-state index contributed by atoms with van der Waals surface area (Å²) in [6.45, 7) is 1.38. The first-order valence-corrected chi connectivity index (χ1v) is 5.93. The number of benzene rings is 1. The highest BCUT2D eigenvalue weighted by Gasteiger charge is 2.35. The summed E-state index contributed by atoms with van der Waals surface area (Å²) in [4.78, 5) is 0. The summed E-state index contributed by atoms with van der Waals surface area (Å²) in [6, 6.07) is 9.17. The van der Waals surface area contributed by atoms with Gasteiger partial charge in [-0.25, -0.2) is 8.42 Å². The van der Waals surface area contributed by atoms with Crippen LogP contribution in [0.4, 0.5) is 0 Å². The van der Waals surface area contributed by atoms with Gasteiger partial charge in [-0.1, -0.05) is 35.8 Å². The molecule has 0 spiro atoms. The van der Waals surface area contributed by atoms with Gasteiger partial charge in [0.1, 0.15) is 9.69 Å². The largest absolute Gasteiger partial charge is 0.317 e. The first-order chi connectivity index (χ1) is 6.18. The summed E-state index contributed by atoms with van der Waals surface area (Å²) >= 11 is 0. The van der Waals surface area contributed by atoms with E-state index in [1.807, 2.05) is 18.2 Å². The molecule has 4 heteroatoms. The van der Waals surface area contributed by atoms with E-state index in [1.165, 1.54) is 6.56 Å². The van der Waals surface area contributed by atoms with Crippen LogP contribution in [-0.2, 0) is 9.69 Å². The predicted octanol–water partition coefficient (Wildman–Crippen LogP) is 0.508. The van der Waals surface area contributed by atoms with Crippen LogP contribution < -0.4 is 5.46 Å². The van der Waals surface area contributed by atoms with Gasteiger partial charge in [0, 0.05) is 0 Å². The van der Waals surface area contributed by atoms with Gasteiger partial charge in [0.25, 0.3) is 0 Å². The summed E-state index contributed by atoms with van der Waals surface area (Å²) in [5, 5.41) is -0.104. The molecule has 0 saturated heterocycles. The molecule has 1 aliphatic rings. The van der Waals surface area contributed by atoms with Gasteiger partial charge in [-0.05, 0) is 12.8 Å². The zero-order valence-electron chi connectivity index (χ0n) is 7.18. The van der Waals surface area contributed by atoms with Crippen LogP contribution in [0, 0.1) is 0 Å². The van der Waals surface area contributed by atoms with Crippen molar-refractivity contribution in [3.63, 3.8) is 0 Å². The predicted molar refractivity (Wildman–Crippen MR) is 53.8 cm³/mol. The number of hydrogen-bond donors (Lipinski definition) is 0. The van der Waals surface area contributed by atoms with Crippen molar-refractivity contribution in [3.8, 4) is 0 Å². The van der Waals surface area contributed by atoms with Gasteiger partial charge in [-0.15, -0.1) is 0 Å². The van der Waals surface area contributed by atoms with Crippen molar-refractivity contribution in [2.24, 2.45) is 0 Å². The summed E-state index contributed by atoms with van der Waals surface area (Å²) in [6.07, 6.45) is 1.65. The second-order valence-corrected chi connectivity index (χ2v) is 5.40. The molecule has 2 rings (SSSR count). The summed E-state index contributed by atoms with van der Waals surface area (Å²) in [5.74, 6) is 0. The Morgan fingerprint density at radius 1 is 1.15 bits per heavy atom. The van der Waals surface area contributed by atoms with Gasteiger partial charge in [-0.2, -0.15) is 0 Å². The highest BCUT2D eigenvalue weighted by molar-refractivity contribution is 8.17. The molecule has 0 atom stereocenters. The smallest absolute Gasteiger partial charge is 0.241 e. The number of rotatable bonds is 3. The molecule has 2 nitrogen and oxygen atoms in total. The van der Waals surface area contributed by atoms with Crippen LogP contribution in [0.25, 0.3) is 0 Å². The molecule has 0 aromatic heterocycles. The van der Waals surface area contributed by atoms with E-state index >= 15 is 0 Å². The van der Waals surface area contributed by atoms with Crippen LogP contribution in [0.1, 0.15) is 12.8 Å². The zero-order chi connectivity index (χ0) is 9.31. The summed E-state index contributed by atoms with van der Waals surface area (Å²) in [7, 11) is -2.97. The highest BCUT2D eigenvalue weighted by atomic mass is 32.2. The van der Waals surface area contributed by atoms with E-state index in [1.54, 1.807) is 12.1 Å². The van der Waals surface area contributed by atoms with Gasteiger partial charge in [0.2, 0.25) is 0 Å². The first-order valence-electron chi connectivity index (χ1n) is 4.32. The minimum absolute atomic E-state index is 0.104. The molecule has 0 unspecified atom stereocenters. The minimum Gasteiger partial charge on any atom is -0.241 e. The zero-order valence-corrected chi connectivity index (χ0v) is 8.00. The van der Waals surface area contributed by atoms with Crippen molar-refractivity contribution < 1.29 is 8.42 Å². The maximum absolute atomic E-state index is 11.5. The molecule has 13 heavy (non-hydrogen) atoms. The molecule has 1 aromatic carbocycles. The van der Waals surface area contributed by atoms with Crippen LogP contribution in [0.15, 0.2) is 30.3 Å². The topological polar surface area (TPSA) is 34.1 Å². The first kappa shape index (κ1) is 8.82. The normalized spacial score (nSPS) is 16.9. The Morgan fingerprint density at radius 3 is 2.31 bits per heavy atom. The van der Waals surface area contributed by atoms with Crippen molar-refractivity contribution in [1.29, 1.82) is 0 Å². The fourth-order valence-corrected chi connectivity index (χ4v) is 2.74. The molecule has 0 aliphatic heterocycles. The minimum atomic E-state index is -2.97. The van der Waals surface area contributed by atoms with Gasteiger partial charge in [-0.3, -0.25) is 0 Å². The van der Waals surface area contributed by atoms with E-state index in [0.717, 1.165) is 18.3 Å². The van der Waals surface area contributed by atoms with Crippen LogP contribution in [0.2, 0.25) is 0 Å². The van der Waals surface area contributed by atoms with E-state index < -0.39 is 9.69 Å². The monoisotopic (exact) mass is 193 g/mol. The lowest BCUT2D eigenvalue weighted by Gasteiger charge is -1.99. The lowest BCUT2D eigenvalue weighted by molar-refractivity contribution is 0.608. The molecule has 0 N–H and O–H groups in total. The third kappa shape index (κ3) is 2.12. The average Bonchev–Trinajstić information content (AvgIpc) is 2.87. The third-order valence-electron chi connectivity index (χ3n) is 2.09. The van der Waals surface area contributed by atoms with E-state index in [2.05, 4.69) is 0 Å². The van der Waals surface area contributed by atoms with Crippen molar-refractivity contribution in [1.82, 2.24) is 0 Å². The Balaban J connectivity index is 2.14. The van der Waals surface area contributed by atoms with Crippen LogP contribution in [0.5, 0.6) is 0 Å². The standard InChI is InChI=1S/C9H10BO2S/c11-13(12,9-6-7-9)10-8-4-2-1-3-5-8/h1-5,9H,6-7H2. The molecule has 0 bridgehead atoms. The maximum Gasteiger partial charge on any atom is 0.317 e. The van der Waals surface area contributed by atoms with Crippen molar-refractivity contribution in [3.05, 3.63) is 30.3 Å². The quantitative estimate of drug-likeness (QED) is 0.655. The molecule has 67 valence electrons. The fraction of sp³-hybridized carbons (Fsp3) is 0.333. The molecule has 0 amide bonds. The molecular weight excluding hydrogens is 183 g/mol. The fourth-order valence-electron chi connectivity index (χ4n) is 1.21. The third-order valence-corrected chi connectivity index (χ3v) is 4.09. The Morgan fingerprint density at radius 2 is 1.77 bits per heavy atom. The van der Waals surface area contributed by atoms with E-state index in [-0.39, 0.29) is 5.25 Å². The van der Waals surface area contributed by atoms with Gasteiger partial charge in [0.05, 0.1) is 5.25 Å². The molecule has 1 aliphatic carbocycles. The Labute approximate surface area is 79.0 Å². The van der Waals surface area contributed by atoms with Crippen LogP contribution >= 0.6 is 0 Å². The van der Waals surface area contributed by atoms with Gasteiger partial charge < -0.3 is 0 Å². The van der Waals surface area contributed by atoms with E-state index in [4.69, 9.17) is 0 Å². The van der Waals surface area contributed by atoms with Crippen LogP contribution in [-0.4, -0.2) is 20.2 Å². The molecule has 1 saturated carbocycles. The molecule has 1 fully saturated rings. The molecule has 0 heterocycles. The second kappa shape index (κ2) is 3.18. The van der Waals surface area contributed by atoms with Gasteiger partial charge >= 0.3 is 6.56 Å². The Kier molecular flexibility index (Phi) is 2.16. The van der Waals surface area contributed by atoms with Crippen molar-refractivity contribution >= 4 is 21.7 Å². The summed E-state index contributed by atoms with van der Waals surface area (Å²) in [5.41, 5.74) is 0.773. The molecular formula is C9H10BO2S. The Bertz CT molecular complexity index is 381. The lowest BCUT2D eigenvalue weighted by atomic mass is 9.95. The maximum atomic E-state index is 11.5. The van der Waals surface area contributed by atoms with Crippen molar-refractivity contribution in [2.45, 2.75) is 18.1 Å². The molecule has 1 radical (unpaired) electrons. The highest BCUT2D eigenvalue weighted by Crippen LogP contribution is 2.27. The summed E-state index contributed by atoms with van der Waals surface area (Å²) < 4.78 is 23.0. The van der Waals surface area contributed by atoms with Crippen LogP contribution in [0.3, 0.4) is 0 Å². The van der Waals surface area contributed by atoms with E-state index in [0.29, 0.717) is 0 Å². The number of hydrogen-bond acceptors (Lipinski definition) is 2. The SMILES string of the molecule is O=S(=O)([B]c1ccccc1)C1CC1. The average molecular weight is 193 g/mol. The van der Waals surface area contributed by atoms with E-state index in [9.17, 15) is 8.42 Å². The van der Waals surface area contributed by atoms with Crippen molar-refractivity contribution in [2.75, 3.05) is 0 Å². The second-order valence-electron chi connectivity index (χ2n) is 3.32. The Hall–Kier alpha value is -0.765. The molecule has 1 aromatic rings. The lowest BCUT2D eigenvalue weighted by Crippen LogP contribution is -2.26.